The molecule has 0 spiro atoms. The van der Waals surface area contributed by atoms with E-state index in [-0.39, 0.29) is 35.3 Å². The van der Waals surface area contributed by atoms with E-state index in [2.05, 4.69) is 4.90 Å². The summed E-state index contributed by atoms with van der Waals surface area (Å²) in [6.07, 6.45) is 6.41. The second-order valence-corrected chi connectivity index (χ2v) is 9.08. The van der Waals surface area contributed by atoms with Crippen LogP contribution in [0.3, 0.4) is 0 Å². The highest BCUT2D eigenvalue weighted by atomic mass is 32.1. The molecule has 1 saturated heterocycles. The summed E-state index contributed by atoms with van der Waals surface area (Å²) in [6.45, 7) is 3.46. The van der Waals surface area contributed by atoms with Crippen LogP contribution in [-0.2, 0) is 20.9 Å². The number of piperidine rings is 1. The maximum Gasteiger partial charge on any atom is 0.325 e. The predicted molar refractivity (Wildman–Crippen MR) is 125 cm³/mol. The van der Waals surface area contributed by atoms with Gasteiger partial charge < -0.3 is 9.30 Å². The van der Waals surface area contributed by atoms with Gasteiger partial charge in [0.1, 0.15) is 12.4 Å². The number of hydrogen-bond donors (Lipinski definition) is 1. The van der Waals surface area contributed by atoms with Crippen LogP contribution in [0.5, 0.6) is 0 Å². The van der Waals surface area contributed by atoms with Crippen LogP contribution >= 0.6 is 12.6 Å². The fourth-order valence-electron chi connectivity index (χ4n) is 4.31. The number of carbonyl (C=O) groups excluding carboxylic acids is 2. The maximum atomic E-state index is 14.7. The van der Waals surface area contributed by atoms with Crippen molar-refractivity contribution in [3.8, 4) is 0 Å². The number of benzene rings is 1. The predicted octanol–water partition coefficient (Wildman–Crippen LogP) is 4.30. The molecule has 1 aliphatic carbocycles. The minimum atomic E-state index is -0.584. The molecule has 2 aromatic rings. The first-order valence-electron chi connectivity index (χ1n) is 11.2. The molecule has 7 heteroatoms. The maximum absolute atomic E-state index is 14.7. The first-order valence-corrected chi connectivity index (χ1v) is 11.7. The number of thiol groups is 1. The van der Waals surface area contributed by atoms with Crippen LogP contribution in [0.4, 0.5) is 4.39 Å². The zero-order valence-corrected chi connectivity index (χ0v) is 19.1. The molecule has 5 nitrogen and oxygen atoms in total. The van der Waals surface area contributed by atoms with E-state index in [9.17, 15) is 14.0 Å². The Hall–Kier alpha value is -2.38. The topological polar surface area (TPSA) is 51.5 Å². The van der Waals surface area contributed by atoms with Crippen LogP contribution in [0.2, 0.25) is 0 Å². The molecule has 0 amide bonds. The minimum Gasteiger partial charge on any atom is -0.465 e. The molecule has 1 aliphatic heterocycles. The summed E-state index contributed by atoms with van der Waals surface area (Å²) in [6, 6.07) is 9.83. The summed E-state index contributed by atoms with van der Waals surface area (Å²) in [5.74, 6) is -0.487. The fraction of sp³-hybridized carbons (Fsp3) is 0.440. The zero-order chi connectivity index (χ0) is 22.7. The third kappa shape index (κ3) is 5.15. The van der Waals surface area contributed by atoms with Gasteiger partial charge in [0.15, 0.2) is 5.78 Å². The molecule has 2 heterocycles. The number of esters is 1. The van der Waals surface area contributed by atoms with Crippen molar-refractivity contribution in [2.75, 3.05) is 19.7 Å². The number of likely N-dealkylation sites (tertiary alicyclic amines) is 1. The lowest BCUT2D eigenvalue weighted by Gasteiger charge is -2.37. The van der Waals surface area contributed by atoms with E-state index in [1.54, 1.807) is 25.1 Å². The number of Topliss-reactive ketones (excluding diaryl/α,β-unsaturated/α-hetero) is 1. The van der Waals surface area contributed by atoms with E-state index >= 15 is 0 Å². The normalized spacial score (nSPS) is 21.5. The first kappa shape index (κ1) is 22.8. The standard InChI is InChI=1S/C25H29FN2O3S/c1-2-31-23(29)16-27-12-5-6-19(27)14-18-15-28(13-11-22(18)32)24(25(30)17-9-10-17)20-7-3-4-8-21(20)26/h3-8,12,14,17,22,24,32H,2,9-11,13,15-16H2,1H3. The smallest absolute Gasteiger partial charge is 0.325 e. The van der Waals surface area contributed by atoms with Crippen LogP contribution in [-0.4, -0.2) is 46.2 Å². The Bertz CT molecular complexity index is 1010. The minimum absolute atomic E-state index is 0.0302. The van der Waals surface area contributed by atoms with E-state index < -0.39 is 6.04 Å². The number of nitrogens with zero attached hydrogens (tertiary/aromatic N) is 2. The van der Waals surface area contributed by atoms with E-state index in [0.29, 0.717) is 25.3 Å². The lowest BCUT2D eigenvalue weighted by molar-refractivity contribution is -0.143. The van der Waals surface area contributed by atoms with Gasteiger partial charge in [0.2, 0.25) is 0 Å². The number of ketones is 1. The zero-order valence-electron chi connectivity index (χ0n) is 18.2. The third-order valence-corrected chi connectivity index (χ3v) is 6.71. The number of hydrogen-bond acceptors (Lipinski definition) is 5. The molecule has 0 radical (unpaired) electrons. The van der Waals surface area contributed by atoms with Crippen LogP contribution in [0.25, 0.3) is 6.08 Å². The number of aromatic nitrogens is 1. The van der Waals surface area contributed by atoms with Gasteiger partial charge in [0, 0.05) is 41.7 Å². The van der Waals surface area contributed by atoms with E-state index in [4.69, 9.17) is 17.4 Å². The Morgan fingerprint density at radius 3 is 2.72 bits per heavy atom. The number of carbonyl (C=O) groups is 2. The summed E-state index contributed by atoms with van der Waals surface area (Å²) in [4.78, 5) is 27.2. The molecule has 4 rings (SSSR count). The molecule has 2 unspecified atom stereocenters. The quantitative estimate of drug-likeness (QED) is 0.475. The van der Waals surface area contributed by atoms with Gasteiger partial charge in [0.05, 0.1) is 12.6 Å². The van der Waals surface area contributed by atoms with E-state index in [1.807, 2.05) is 29.0 Å². The van der Waals surface area contributed by atoms with Crippen LogP contribution in [0.1, 0.15) is 43.5 Å². The average Bonchev–Trinajstić information content (AvgIpc) is 3.54. The Balaban J connectivity index is 1.60. The van der Waals surface area contributed by atoms with Crippen molar-refractivity contribution in [1.82, 2.24) is 9.47 Å². The summed E-state index contributed by atoms with van der Waals surface area (Å²) in [5.41, 5.74) is 2.38. The molecule has 32 heavy (non-hydrogen) atoms. The molecular weight excluding hydrogens is 427 g/mol. The van der Waals surface area contributed by atoms with Crippen molar-refractivity contribution < 1.29 is 18.7 Å². The van der Waals surface area contributed by atoms with Crippen molar-refractivity contribution in [2.45, 2.75) is 44.0 Å². The molecule has 1 saturated carbocycles. The van der Waals surface area contributed by atoms with Gasteiger partial charge in [-0.15, -0.1) is 0 Å². The SMILES string of the molecule is CCOC(=O)Cn1cccc1C=C1CN(C(C(=O)C2CC2)c2ccccc2F)CCC1S. The highest BCUT2D eigenvalue weighted by Gasteiger charge is 2.40. The summed E-state index contributed by atoms with van der Waals surface area (Å²) >= 11 is 4.77. The molecule has 2 aliphatic rings. The third-order valence-electron chi connectivity index (χ3n) is 6.12. The monoisotopic (exact) mass is 456 g/mol. The summed E-state index contributed by atoms with van der Waals surface area (Å²) in [5, 5.41) is 0.0366. The summed E-state index contributed by atoms with van der Waals surface area (Å²) < 4.78 is 21.6. The van der Waals surface area contributed by atoms with Gasteiger partial charge in [-0.25, -0.2) is 4.39 Å². The Labute approximate surface area is 193 Å². The lowest BCUT2D eigenvalue weighted by Crippen LogP contribution is -2.42. The van der Waals surface area contributed by atoms with Crippen molar-refractivity contribution >= 4 is 30.5 Å². The average molecular weight is 457 g/mol. The van der Waals surface area contributed by atoms with Gasteiger partial charge in [-0.3, -0.25) is 14.5 Å². The second-order valence-electron chi connectivity index (χ2n) is 8.46. The summed E-state index contributed by atoms with van der Waals surface area (Å²) in [7, 11) is 0. The second kappa shape index (κ2) is 10.0. The van der Waals surface area contributed by atoms with Crippen LogP contribution < -0.4 is 0 Å². The van der Waals surface area contributed by atoms with E-state index in [0.717, 1.165) is 30.5 Å². The number of ether oxygens (including phenoxy) is 1. The number of halogens is 1. The number of rotatable bonds is 8. The van der Waals surface area contributed by atoms with Crippen LogP contribution in [0.15, 0.2) is 48.2 Å². The van der Waals surface area contributed by atoms with Crippen molar-refractivity contribution in [3.05, 3.63) is 65.2 Å². The molecule has 170 valence electrons. The lowest BCUT2D eigenvalue weighted by atomic mass is 9.93. The Kier molecular flexibility index (Phi) is 7.16. The van der Waals surface area contributed by atoms with Gasteiger partial charge in [-0.05, 0) is 56.0 Å². The molecule has 2 fully saturated rings. The van der Waals surface area contributed by atoms with E-state index in [1.165, 1.54) is 6.07 Å². The van der Waals surface area contributed by atoms with Crippen LogP contribution in [0, 0.1) is 11.7 Å². The molecule has 1 aromatic carbocycles. The Morgan fingerprint density at radius 2 is 2.00 bits per heavy atom. The van der Waals surface area contributed by atoms with Gasteiger partial charge >= 0.3 is 5.97 Å². The molecule has 0 bridgehead atoms. The molecule has 0 N–H and O–H groups in total. The largest absolute Gasteiger partial charge is 0.465 e. The molecule has 2 atom stereocenters. The molecule has 1 aromatic heterocycles. The van der Waals surface area contributed by atoms with Gasteiger partial charge in [-0.1, -0.05) is 18.2 Å². The highest BCUT2D eigenvalue weighted by Crippen LogP contribution is 2.39. The van der Waals surface area contributed by atoms with Gasteiger partial charge in [0.25, 0.3) is 0 Å². The van der Waals surface area contributed by atoms with Crippen molar-refractivity contribution in [2.24, 2.45) is 5.92 Å². The molecular formula is C25H29FN2O3S. The highest BCUT2D eigenvalue weighted by molar-refractivity contribution is 7.81. The van der Waals surface area contributed by atoms with Crippen molar-refractivity contribution in [3.63, 3.8) is 0 Å². The van der Waals surface area contributed by atoms with Crippen molar-refractivity contribution in [1.29, 1.82) is 0 Å². The fourth-order valence-corrected chi connectivity index (χ4v) is 4.58. The first-order chi connectivity index (χ1) is 15.5. The Morgan fingerprint density at radius 1 is 1.22 bits per heavy atom. The van der Waals surface area contributed by atoms with Gasteiger partial charge in [-0.2, -0.15) is 12.6 Å².